The van der Waals surface area contributed by atoms with E-state index in [2.05, 4.69) is 23.4 Å². The maximum atomic E-state index is 11.4. The highest BCUT2D eigenvalue weighted by molar-refractivity contribution is 5.94. The van der Waals surface area contributed by atoms with Crippen LogP contribution in [0, 0.1) is 0 Å². The van der Waals surface area contributed by atoms with E-state index in [0.29, 0.717) is 18.0 Å². The van der Waals surface area contributed by atoms with Crippen molar-refractivity contribution >= 4 is 24.7 Å². The predicted octanol–water partition coefficient (Wildman–Crippen LogP) is 1.49. The summed E-state index contributed by atoms with van der Waals surface area (Å²) in [4.78, 5) is 15.0. The lowest BCUT2D eigenvalue weighted by Crippen LogP contribution is -2.03. The van der Waals surface area contributed by atoms with E-state index in [1.807, 2.05) is 0 Å². The molecule has 0 N–H and O–H groups in total. The molecule has 0 aromatic carbocycles. The van der Waals surface area contributed by atoms with Crippen LogP contribution in [0.2, 0.25) is 0 Å². The van der Waals surface area contributed by atoms with Gasteiger partial charge < -0.3 is 4.74 Å². The molecule has 1 aromatic heterocycles. The SMILES string of the molecule is C=Cn1ncc(C(=O)OCC)c1N=C. The zero-order valence-electron chi connectivity index (χ0n) is 7.93. The summed E-state index contributed by atoms with van der Waals surface area (Å²) in [6.45, 7) is 8.91. The van der Waals surface area contributed by atoms with Crippen LogP contribution in [0.1, 0.15) is 17.3 Å². The Morgan fingerprint density at radius 2 is 2.57 bits per heavy atom. The zero-order chi connectivity index (χ0) is 10.6. The fourth-order valence-electron chi connectivity index (χ4n) is 1.000. The molecule has 0 saturated heterocycles. The average Bonchev–Trinajstić information content (AvgIpc) is 2.60. The number of esters is 1. The van der Waals surface area contributed by atoms with Gasteiger partial charge in [0.15, 0.2) is 5.82 Å². The molecule has 0 aliphatic carbocycles. The van der Waals surface area contributed by atoms with Crippen LogP contribution in [0.4, 0.5) is 5.82 Å². The summed E-state index contributed by atoms with van der Waals surface area (Å²) in [5.74, 6) is -0.110. The molecule has 5 nitrogen and oxygen atoms in total. The molecule has 0 bridgehead atoms. The van der Waals surface area contributed by atoms with Crippen molar-refractivity contribution in [3.63, 3.8) is 0 Å². The standard InChI is InChI=1S/C9H11N3O2/c1-4-12-8(10-3)7(6-11-12)9(13)14-5-2/h4,6H,1,3,5H2,2H3. The van der Waals surface area contributed by atoms with Crippen molar-refractivity contribution in [2.75, 3.05) is 6.61 Å². The number of nitrogens with zero attached hydrogens (tertiary/aromatic N) is 3. The number of ether oxygens (including phenoxy) is 1. The number of aliphatic imine (C=N–C) groups is 1. The minimum Gasteiger partial charge on any atom is -0.462 e. The second-order valence-corrected chi connectivity index (χ2v) is 2.39. The van der Waals surface area contributed by atoms with E-state index in [9.17, 15) is 4.79 Å². The average molecular weight is 193 g/mol. The molecule has 14 heavy (non-hydrogen) atoms. The normalized spacial score (nSPS) is 9.50. The quantitative estimate of drug-likeness (QED) is 0.537. The Morgan fingerprint density at radius 3 is 3.07 bits per heavy atom. The van der Waals surface area contributed by atoms with E-state index in [-0.39, 0.29) is 0 Å². The van der Waals surface area contributed by atoms with Gasteiger partial charge in [0.1, 0.15) is 5.56 Å². The Balaban J connectivity index is 3.08. The second-order valence-electron chi connectivity index (χ2n) is 2.39. The third-order valence-corrected chi connectivity index (χ3v) is 1.59. The van der Waals surface area contributed by atoms with E-state index < -0.39 is 5.97 Å². The summed E-state index contributed by atoms with van der Waals surface area (Å²) < 4.78 is 6.17. The first-order valence-electron chi connectivity index (χ1n) is 4.08. The number of carbonyl (C=O) groups is 1. The molecule has 0 amide bonds. The van der Waals surface area contributed by atoms with Crippen LogP contribution in [-0.2, 0) is 4.74 Å². The summed E-state index contributed by atoms with van der Waals surface area (Å²) in [6, 6.07) is 0. The van der Waals surface area contributed by atoms with Crippen LogP contribution in [0.25, 0.3) is 6.20 Å². The molecule has 0 aliphatic rings. The predicted molar refractivity (Wildman–Crippen MR) is 53.8 cm³/mol. The number of hydrogen-bond donors (Lipinski definition) is 0. The van der Waals surface area contributed by atoms with Crippen LogP contribution < -0.4 is 0 Å². The Hall–Kier alpha value is -1.91. The van der Waals surface area contributed by atoms with Crippen LogP contribution in [0.15, 0.2) is 17.8 Å². The smallest absolute Gasteiger partial charge is 0.343 e. The second kappa shape index (κ2) is 4.36. The lowest BCUT2D eigenvalue weighted by molar-refractivity contribution is 0.0527. The van der Waals surface area contributed by atoms with E-state index in [1.54, 1.807) is 6.92 Å². The Bertz CT molecular complexity index is 368. The summed E-state index contributed by atoms with van der Waals surface area (Å²) >= 11 is 0. The third-order valence-electron chi connectivity index (χ3n) is 1.59. The summed E-state index contributed by atoms with van der Waals surface area (Å²) in [5.41, 5.74) is 0.293. The first-order chi connectivity index (χ1) is 6.74. The van der Waals surface area contributed by atoms with Crippen LogP contribution in [-0.4, -0.2) is 29.1 Å². The Kier molecular flexibility index (Phi) is 3.17. The topological polar surface area (TPSA) is 56.5 Å². The molecule has 0 fully saturated rings. The van der Waals surface area contributed by atoms with Crippen molar-refractivity contribution in [1.82, 2.24) is 9.78 Å². The lowest BCUT2D eigenvalue weighted by Gasteiger charge is -2.00. The fraction of sp³-hybridized carbons (Fsp3) is 0.222. The van der Waals surface area contributed by atoms with Gasteiger partial charge in [0.2, 0.25) is 0 Å². The third kappa shape index (κ3) is 1.71. The summed E-state index contributed by atoms with van der Waals surface area (Å²) in [6.07, 6.45) is 2.82. The maximum absolute atomic E-state index is 11.4. The van der Waals surface area contributed by atoms with Crippen molar-refractivity contribution in [3.8, 4) is 0 Å². The van der Waals surface area contributed by atoms with E-state index in [0.717, 1.165) is 0 Å². The van der Waals surface area contributed by atoms with Crippen molar-refractivity contribution in [1.29, 1.82) is 0 Å². The molecule has 0 aliphatic heterocycles. The van der Waals surface area contributed by atoms with Gasteiger partial charge in [-0.1, -0.05) is 6.58 Å². The molecule has 0 unspecified atom stereocenters. The molecule has 1 rings (SSSR count). The fourth-order valence-corrected chi connectivity index (χ4v) is 1.000. The van der Waals surface area contributed by atoms with E-state index in [4.69, 9.17) is 4.74 Å². The maximum Gasteiger partial charge on any atom is 0.343 e. The monoisotopic (exact) mass is 193 g/mol. The molecule has 74 valence electrons. The molecule has 0 spiro atoms. The van der Waals surface area contributed by atoms with Gasteiger partial charge in [-0.2, -0.15) is 5.10 Å². The van der Waals surface area contributed by atoms with Crippen molar-refractivity contribution in [3.05, 3.63) is 18.3 Å². The van der Waals surface area contributed by atoms with Gasteiger partial charge in [-0.25, -0.2) is 14.5 Å². The molecular weight excluding hydrogens is 182 g/mol. The highest BCUT2D eigenvalue weighted by atomic mass is 16.5. The van der Waals surface area contributed by atoms with Gasteiger partial charge in [0, 0.05) is 6.20 Å². The Labute approximate surface area is 81.7 Å². The van der Waals surface area contributed by atoms with Crippen LogP contribution in [0.3, 0.4) is 0 Å². The summed E-state index contributed by atoms with van der Waals surface area (Å²) in [5, 5.41) is 3.87. The number of carbonyl (C=O) groups excluding carboxylic acids is 1. The minimum absolute atomic E-state index is 0.293. The molecule has 0 radical (unpaired) electrons. The molecule has 0 saturated carbocycles. The first kappa shape index (κ1) is 10.2. The molecule has 1 aromatic rings. The van der Waals surface area contributed by atoms with Gasteiger partial charge in [-0.05, 0) is 13.6 Å². The van der Waals surface area contributed by atoms with Crippen LogP contribution >= 0.6 is 0 Å². The highest BCUT2D eigenvalue weighted by Gasteiger charge is 2.16. The van der Waals surface area contributed by atoms with Crippen molar-refractivity contribution in [2.45, 2.75) is 6.92 Å². The molecule has 5 heteroatoms. The number of rotatable bonds is 4. The first-order valence-corrected chi connectivity index (χ1v) is 4.08. The van der Waals surface area contributed by atoms with E-state index >= 15 is 0 Å². The minimum atomic E-state index is -0.456. The van der Waals surface area contributed by atoms with Crippen molar-refractivity contribution < 1.29 is 9.53 Å². The largest absolute Gasteiger partial charge is 0.462 e. The molecule has 0 atom stereocenters. The van der Waals surface area contributed by atoms with Crippen LogP contribution in [0.5, 0.6) is 0 Å². The lowest BCUT2D eigenvalue weighted by atomic mass is 10.3. The number of hydrogen-bond acceptors (Lipinski definition) is 4. The van der Waals surface area contributed by atoms with Gasteiger partial charge in [0.25, 0.3) is 0 Å². The van der Waals surface area contributed by atoms with Gasteiger partial charge in [-0.3, -0.25) is 0 Å². The zero-order valence-corrected chi connectivity index (χ0v) is 7.93. The highest BCUT2D eigenvalue weighted by Crippen LogP contribution is 2.19. The van der Waals surface area contributed by atoms with Gasteiger partial charge in [0.05, 0.1) is 12.8 Å². The molecular formula is C9H11N3O2. The summed E-state index contributed by atoms with van der Waals surface area (Å²) in [7, 11) is 0. The van der Waals surface area contributed by atoms with Gasteiger partial charge >= 0.3 is 5.97 Å². The van der Waals surface area contributed by atoms with Gasteiger partial charge in [-0.15, -0.1) is 0 Å². The molecule has 1 heterocycles. The van der Waals surface area contributed by atoms with Crippen molar-refractivity contribution in [2.24, 2.45) is 4.99 Å². The Morgan fingerprint density at radius 1 is 1.86 bits per heavy atom. The van der Waals surface area contributed by atoms with E-state index in [1.165, 1.54) is 17.1 Å². The number of aromatic nitrogens is 2.